The first kappa shape index (κ1) is 43.7. The van der Waals surface area contributed by atoms with Crippen LogP contribution in [0.5, 0.6) is 0 Å². The smallest absolute Gasteiger partial charge is 0.173 e. The number of nitrogens with zero attached hydrogens (tertiary/aromatic N) is 4. The summed E-state index contributed by atoms with van der Waals surface area (Å²) in [7, 11) is 0. The molecule has 0 saturated carbocycles. The predicted molar refractivity (Wildman–Crippen MR) is 282 cm³/mol. The second-order valence-electron chi connectivity index (χ2n) is 18.2. The number of hydrogen-bond donors (Lipinski definition) is 0. The van der Waals surface area contributed by atoms with Crippen molar-refractivity contribution < 1.29 is 18.3 Å². The van der Waals surface area contributed by atoms with Gasteiger partial charge in [0, 0.05) is 70.8 Å². The lowest BCUT2D eigenvalue weighted by atomic mass is 9.96. The molecule has 0 bridgehead atoms. The Morgan fingerprint density at radius 1 is 0.171 bits per heavy atom. The van der Waals surface area contributed by atoms with Crippen molar-refractivity contribution in [2.24, 2.45) is 0 Å². The molecule has 0 N–H and O–H groups in total. The summed E-state index contributed by atoms with van der Waals surface area (Å²) >= 11 is 0. The number of aromatic nitrogens is 4. The second kappa shape index (κ2) is 20.6. The van der Waals surface area contributed by atoms with E-state index in [4.69, 9.17) is 0 Å². The largest absolute Gasteiger partial charge is 0.201 e. The van der Waals surface area contributed by atoms with Crippen molar-refractivity contribution >= 4 is 0 Å². The normalized spacial score (nSPS) is 11.1. The van der Waals surface area contributed by atoms with Crippen molar-refractivity contribution in [1.82, 2.24) is 0 Å². The fourth-order valence-electron chi connectivity index (χ4n) is 9.37. The molecule has 0 fully saturated rings. The third-order valence-electron chi connectivity index (χ3n) is 13.1. The van der Waals surface area contributed by atoms with Crippen LogP contribution in [0.2, 0.25) is 0 Å². The quantitative estimate of drug-likeness (QED) is 0.0967. The van der Waals surface area contributed by atoms with Crippen LogP contribution in [-0.2, 0) is 26.2 Å². The van der Waals surface area contributed by atoms with Crippen LogP contribution >= 0.6 is 0 Å². The number of benzene rings is 7. The molecule has 11 aromatic rings. The molecule has 7 aromatic carbocycles. The highest BCUT2D eigenvalue weighted by molar-refractivity contribution is 5.75. The van der Waals surface area contributed by atoms with Gasteiger partial charge in [-0.05, 0) is 103 Å². The van der Waals surface area contributed by atoms with Crippen LogP contribution in [0.3, 0.4) is 0 Å². The highest BCUT2D eigenvalue weighted by Crippen LogP contribution is 2.30. The minimum atomic E-state index is 0.790. The lowest BCUT2D eigenvalue weighted by Gasteiger charge is -2.10. The first-order valence-corrected chi connectivity index (χ1v) is 24.1. The molecule has 4 aromatic heterocycles. The minimum Gasteiger partial charge on any atom is -0.201 e. The van der Waals surface area contributed by atoms with Gasteiger partial charge in [-0.15, -0.1) is 0 Å². The van der Waals surface area contributed by atoms with Crippen LogP contribution in [0, 0.1) is 0 Å². The molecular formula is C66H54N4+4. The summed E-state index contributed by atoms with van der Waals surface area (Å²) in [6.45, 7) is 3.21. The van der Waals surface area contributed by atoms with Crippen molar-refractivity contribution in [2.45, 2.75) is 26.2 Å². The zero-order valence-electron chi connectivity index (χ0n) is 39.2. The Morgan fingerprint density at radius 3 is 0.600 bits per heavy atom. The third kappa shape index (κ3) is 10.6. The monoisotopic (exact) mass is 902 g/mol. The lowest BCUT2D eigenvalue weighted by molar-refractivity contribution is -0.689. The number of hydrogen-bond acceptors (Lipinski definition) is 0. The molecule has 4 heterocycles. The second-order valence-corrected chi connectivity index (χ2v) is 18.2. The molecule has 0 atom stereocenters. The maximum atomic E-state index is 2.32. The van der Waals surface area contributed by atoms with Crippen molar-refractivity contribution in [3.63, 3.8) is 0 Å². The van der Waals surface area contributed by atoms with Crippen LogP contribution in [0.25, 0.3) is 66.8 Å². The minimum absolute atomic E-state index is 0.790. The molecule has 0 aliphatic rings. The first-order chi connectivity index (χ1) is 34.6. The Balaban J connectivity index is 0.693. The van der Waals surface area contributed by atoms with E-state index in [1.807, 2.05) is 0 Å². The van der Waals surface area contributed by atoms with Gasteiger partial charge in [-0.25, -0.2) is 18.3 Å². The molecule has 0 spiro atoms. The van der Waals surface area contributed by atoms with Crippen molar-refractivity contribution in [2.75, 3.05) is 0 Å². The van der Waals surface area contributed by atoms with E-state index in [9.17, 15) is 0 Å². The van der Waals surface area contributed by atoms with Gasteiger partial charge >= 0.3 is 0 Å². The highest BCUT2D eigenvalue weighted by atomic mass is 14.9. The third-order valence-corrected chi connectivity index (χ3v) is 13.1. The topological polar surface area (TPSA) is 15.5 Å². The van der Waals surface area contributed by atoms with Gasteiger partial charge in [0.05, 0.1) is 0 Å². The summed E-state index contributed by atoms with van der Waals surface area (Å²) in [5, 5.41) is 0. The van der Waals surface area contributed by atoms with E-state index in [1.165, 1.54) is 89.0 Å². The zero-order chi connectivity index (χ0) is 46.9. The molecule has 0 aliphatic carbocycles. The Hall–Kier alpha value is -8.86. The molecule has 0 amide bonds. The molecule has 70 heavy (non-hydrogen) atoms. The van der Waals surface area contributed by atoms with Crippen LogP contribution in [-0.4, -0.2) is 0 Å². The summed E-state index contributed by atoms with van der Waals surface area (Å²) in [5.74, 6) is 0. The van der Waals surface area contributed by atoms with E-state index >= 15 is 0 Å². The Bertz CT molecular complexity index is 3100. The Kier molecular flexibility index (Phi) is 12.8. The van der Waals surface area contributed by atoms with Crippen LogP contribution < -0.4 is 18.3 Å². The van der Waals surface area contributed by atoms with Crippen LogP contribution in [0.1, 0.15) is 22.3 Å². The summed E-state index contributed by atoms with van der Waals surface area (Å²) < 4.78 is 9.01. The molecule has 0 unspecified atom stereocenters. The fourth-order valence-corrected chi connectivity index (χ4v) is 9.37. The van der Waals surface area contributed by atoms with Gasteiger partial charge < -0.3 is 0 Å². The molecule has 4 heteroatoms. The van der Waals surface area contributed by atoms with Gasteiger partial charge in [-0.1, -0.05) is 146 Å². The van der Waals surface area contributed by atoms with Gasteiger partial charge in [-0.3, -0.25) is 0 Å². The molecule has 0 aliphatic heterocycles. The summed E-state index contributed by atoms with van der Waals surface area (Å²) in [5.41, 5.74) is 19.7. The van der Waals surface area contributed by atoms with E-state index in [0.29, 0.717) is 0 Å². The number of rotatable bonds is 14. The van der Waals surface area contributed by atoms with Crippen molar-refractivity contribution in [1.29, 1.82) is 0 Å². The molecular weight excluding hydrogens is 849 g/mol. The molecule has 11 rings (SSSR count). The van der Waals surface area contributed by atoms with Crippen LogP contribution in [0.4, 0.5) is 0 Å². The van der Waals surface area contributed by atoms with E-state index in [0.717, 1.165) is 26.2 Å². The predicted octanol–water partition coefficient (Wildman–Crippen LogP) is 13.0. The Labute approximate surface area is 411 Å². The summed E-state index contributed by atoms with van der Waals surface area (Å²) in [6, 6.07) is 83.2. The molecule has 0 saturated heterocycles. The van der Waals surface area contributed by atoms with Crippen molar-refractivity contribution in [3.8, 4) is 66.8 Å². The first-order valence-electron chi connectivity index (χ1n) is 24.1. The van der Waals surface area contributed by atoms with E-state index in [2.05, 4.69) is 298 Å². The van der Waals surface area contributed by atoms with Crippen molar-refractivity contribution in [3.05, 3.63) is 302 Å². The lowest BCUT2D eigenvalue weighted by Crippen LogP contribution is -2.34. The van der Waals surface area contributed by atoms with E-state index < -0.39 is 0 Å². The molecule has 0 radical (unpaired) electrons. The SMILES string of the molecule is c1ccc(-c2cc(C[n+]3ccc(-c4cc[n+](Cc5ccc(C[n+]6ccc(-c7cc[n+](Cc8cc(-c9ccccc9)cc(-c9ccccc9)c8)cc7)cc6)cc5)cc4)cc3)cc(-c3ccccc3)c2)cc1. The van der Waals surface area contributed by atoms with Crippen LogP contribution in [0.15, 0.2) is 280 Å². The highest BCUT2D eigenvalue weighted by Gasteiger charge is 2.14. The van der Waals surface area contributed by atoms with Gasteiger partial charge in [-0.2, -0.15) is 0 Å². The summed E-state index contributed by atoms with van der Waals surface area (Å²) in [6.07, 6.45) is 17.5. The van der Waals surface area contributed by atoms with Gasteiger partial charge in [0.15, 0.2) is 75.8 Å². The summed E-state index contributed by atoms with van der Waals surface area (Å²) in [4.78, 5) is 0. The van der Waals surface area contributed by atoms with Gasteiger partial charge in [0.25, 0.3) is 0 Å². The van der Waals surface area contributed by atoms with E-state index in [-0.39, 0.29) is 0 Å². The molecule has 4 nitrogen and oxygen atoms in total. The fraction of sp³-hybridized carbons (Fsp3) is 0.0606. The average Bonchev–Trinajstić information content (AvgIpc) is 3.43. The average molecular weight is 903 g/mol. The zero-order valence-corrected chi connectivity index (χ0v) is 39.2. The standard InChI is InChI=1S/C66H54N4/c1-5-13-55(14-6-1)63-41-53(42-64(45-63)56-15-7-2-8-16-56)49-69-37-29-61(30-38-69)59-25-33-67(34-26-59)47-51-21-23-52(24-22-51)48-68-35-27-60(28-36-68)62-31-39-70(40-32-62)50-54-43-65(57-17-9-3-10-18-57)46-66(44-54)58-19-11-4-12-20-58/h1-46H,47-50H2/q+4. The Morgan fingerprint density at radius 2 is 0.371 bits per heavy atom. The number of pyridine rings is 4. The molecule has 334 valence electrons. The van der Waals surface area contributed by atoms with E-state index in [1.54, 1.807) is 0 Å². The maximum absolute atomic E-state index is 2.32. The van der Waals surface area contributed by atoms with Gasteiger partial charge in [0.1, 0.15) is 0 Å². The maximum Gasteiger partial charge on any atom is 0.173 e. The van der Waals surface area contributed by atoms with Gasteiger partial charge in [0.2, 0.25) is 0 Å².